The molecule has 1 atom stereocenters. The topological polar surface area (TPSA) is 64.3 Å². The minimum absolute atomic E-state index is 0.0987. The Balaban J connectivity index is 1.97. The third kappa shape index (κ3) is 2.82. The Bertz CT molecular complexity index is 451. The highest BCUT2D eigenvalue weighted by atomic mass is 16.5. The molecule has 1 amide bonds. The quantitative estimate of drug-likeness (QED) is 0.803. The summed E-state index contributed by atoms with van der Waals surface area (Å²) in [6.45, 7) is 5.28. The Morgan fingerprint density at radius 1 is 1.56 bits per heavy atom. The van der Waals surface area contributed by atoms with Gasteiger partial charge in [-0.3, -0.25) is 4.79 Å². The molecule has 0 radical (unpaired) electrons. The van der Waals surface area contributed by atoms with E-state index in [0.29, 0.717) is 17.8 Å². The Kier molecular flexibility index (Phi) is 3.57. The number of carbonyl (C=O) groups is 1. The molecule has 1 saturated heterocycles. The first-order valence-electron chi connectivity index (χ1n) is 6.28. The number of carbonyl (C=O) groups excluding carboxylic acids is 1. The second kappa shape index (κ2) is 4.98. The zero-order valence-electron chi connectivity index (χ0n) is 11.0. The van der Waals surface area contributed by atoms with Crippen molar-refractivity contribution in [3.63, 3.8) is 0 Å². The summed E-state index contributed by atoms with van der Waals surface area (Å²) in [6, 6.07) is 5.36. The van der Waals surface area contributed by atoms with Gasteiger partial charge in [0.1, 0.15) is 0 Å². The molecule has 1 heterocycles. The van der Waals surface area contributed by atoms with E-state index in [-0.39, 0.29) is 11.5 Å². The second-order valence-electron chi connectivity index (χ2n) is 5.16. The van der Waals surface area contributed by atoms with Gasteiger partial charge in [0.25, 0.3) is 5.91 Å². The zero-order valence-corrected chi connectivity index (χ0v) is 11.0. The van der Waals surface area contributed by atoms with Gasteiger partial charge < -0.3 is 15.8 Å². The Morgan fingerprint density at radius 3 is 2.94 bits per heavy atom. The van der Waals surface area contributed by atoms with Gasteiger partial charge in [-0.2, -0.15) is 0 Å². The predicted octanol–water partition coefficient (Wildman–Crippen LogP) is 1.88. The summed E-state index contributed by atoms with van der Waals surface area (Å²) in [6.07, 6.45) is 2.05. The lowest BCUT2D eigenvalue weighted by Crippen LogP contribution is -2.40. The summed E-state index contributed by atoms with van der Waals surface area (Å²) in [7, 11) is 0. The number of rotatable bonds is 3. The van der Waals surface area contributed by atoms with Crippen LogP contribution in [0.1, 0.15) is 35.7 Å². The van der Waals surface area contributed by atoms with Crippen molar-refractivity contribution < 1.29 is 9.53 Å². The molecule has 1 aromatic rings. The molecule has 3 N–H and O–H groups in total. The lowest BCUT2D eigenvalue weighted by atomic mass is 10.0. The summed E-state index contributed by atoms with van der Waals surface area (Å²) in [5.74, 6) is -0.0987. The lowest BCUT2D eigenvalue weighted by Gasteiger charge is -2.23. The molecule has 2 rings (SSSR count). The summed E-state index contributed by atoms with van der Waals surface area (Å²) in [5.41, 5.74) is 7.81. The molecule has 0 bridgehead atoms. The van der Waals surface area contributed by atoms with Gasteiger partial charge in [-0.1, -0.05) is 6.07 Å². The number of anilines is 1. The number of nitrogens with two attached hydrogens (primary N) is 1. The van der Waals surface area contributed by atoms with E-state index in [1.54, 1.807) is 12.1 Å². The largest absolute Gasteiger partial charge is 0.398 e. The maximum Gasteiger partial charge on any atom is 0.251 e. The van der Waals surface area contributed by atoms with Crippen molar-refractivity contribution in [2.24, 2.45) is 0 Å². The Hall–Kier alpha value is -1.55. The standard InChI is InChI=1S/C14H20N2O2/c1-10-4-5-11(8-12(10)15)13(17)16-9-14(2)6-3-7-18-14/h4-5,8H,3,6-7,9,15H2,1-2H3,(H,16,17). The van der Waals surface area contributed by atoms with Gasteiger partial charge in [0.15, 0.2) is 0 Å². The van der Waals surface area contributed by atoms with Gasteiger partial charge in [0.05, 0.1) is 5.60 Å². The van der Waals surface area contributed by atoms with Crippen LogP contribution in [0.5, 0.6) is 0 Å². The average Bonchev–Trinajstić information content (AvgIpc) is 2.77. The van der Waals surface area contributed by atoms with Crippen molar-refractivity contribution in [3.8, 4) is 0 Å². The number of hydrogen-bond donors (Lipinski definition) is 2. The summed E-state index contributed by atoms with van der Waals surface area (Å²) in [5, 5.41) is 2.91. The maximum absolute atomic E-state index is 12.0. The van der Waals surface area contributed by atoms with Crippen molar-refractivity contribution >= 4 is 11.6 Å². The van der Waals surface area contributed by atoms with E-state index in [4.69, 9.17) is 10.5 Å². The van der Waals surface area contributed by atoms with Gasteiger partial charge in [-0.15, -0.1) is 0 Å². The fraction of sp³-hybridized carbons (Fsp3) is 0.500. The molecule has 1 unspecified atom stereocenters. The van der Waals surface area contributed by atoms with Crippen LogP contribution >= 0.6 is 0 Å². The fourth-order valence-electron chi connectivity index (χ4n) is 2.13. The summed E-state index contributed by atoms with van der Waals surface area (Å²) >= 11 is 0. The Labute approximate surface area is 108 Å². The summed E-state index contributed by atoms with van der Waals surface area (Å²) < 4.78 is 5.63. The summed E-state index contributed by atoms with van der Waals surface area (Å²) in [4.78, 5) is 12.0. The average molecular weight is 248 g/mol. The van der Waals surface area contributed by atoms with Crippen LogP contribution in [0.15, 0.2) is 18.2 Å². The van der Waals surface area contributed by atoms with Crippen LogP contribution in [0, 0.1) is 6.92 Å². The molecule has 1 aromatic carbocycles. The van der Waals surface area contributed by atoms with Crippen molar-refractivity contribution in [2.75, 3.05) is 18.9 Å². The van der Waals surface area contributed by atoms with Crippen molar-refractivity contribution in [2.45, 2.75) is 32.3 Å². The van der Waals surface area contributed by atoms with E-state index in [1.165, 1.54) is 0 Å². The first kappa shape index (κ1) is 12.9. The number of benzene rings is 1. The smallest absolute Gasteiger partial charge is 0.251 e. The molecule has 4 heteroatoms. The van der Waals surface area contributed by atoms with Crippen molar-refractivity contribution in [1.82, 2.24) is 5.32 Å². The fourth-order valence-corrected chi connectivity index (χ4v) is 2.13. The molecule has 0 spiro atoms. The maximum atomic E-state index is 12.0. The van der Waals surface area contributed by atoms with Gasteiger partial charge >= 0.3 is 0 Å². The number of nitrogen functional groups attached to an aromatic ring is 1. The van der Waals surface area contributed by atoms with Crippen LogP contribution in [-0.2, 0) is 4.74 Å². The van der Waals surface area contributed by atoms with Gasteiger partial charge in [0, 0.05) is 24.4 Å². The SMILES string of the molecule is Cc1ccc(C(=O)NCC2(C)CCCO2)cc1N. The first-order valence-corrected chi connectivity index (χ1v) is 6.28. The first-order chi connectivity index (χ1) is 8.50. The van der Waals surface area contributed by atoms with Crippen molar-refractivity contribution in [3.05, 3.63) is 29.3 Å². The number of hydrogen-bond acceptors (Lipinski definition) is 3. The monoisotopic (exact) mass is 248 g/mol. The third-order valence-corrected chi connectivity index (χ3v) is 3.46. The molecule has 0 aliphatic carbocycles. The molecule has 1 fully saturated rings. The number of nitrogens with one attached hydrogen (secondary N) is 1. The van der Waals surface area contributed by atoms with Crippen LogP contribution < -0.4 is 11.1 Å². The number of ether oxygens (including phenoxy) is 1. The van der Waals surface area contributed by atoms with E-state index < -0.39 is 0 Å². The van der Waals surface area contributed by atoms with E-state index in [9.17, 15) is 4.79 Å². The normalized spacial score (nSPS) is 23.0. The molecule has 0 aromatic heterocycles. The number of amides is 1. The highest BCUT2D eigenvalue weighted by Crippen LogP contribution is 2.24. The minimum Gasteiger partial charge on any atom is -0.398 e. The van der Waals surface area contributed by atoms with Gasteiger partial charge in [-0.25, -0.2) is 0 Å². The Morgan fingerprint density at radius 2 is 2.33 bits per heavy atom. The van der Waals surface area contributed by atoms with Gasteiger partial charge in [0.2, 0.25) is 0 Å². The van der Waals surface area contributed by atoms with Crippen LogP contribution in [0.3, 0.4) is 0 Å². The van der Waals surface area contributed by atoms with Crippen LogP contribution in [-0.4, -0.2) is 24.7 Å². The van der Waals surface area contributed by atoms with E-state index in [0.717, 1.165) is 25.0 Å². The van der Waals surface area contributed by atoms with Gasteiger partial charge in [-0.05, 0) is 44.4 Å². The van der Waals surface area contributed by atoms with E-state index in [2.05, 4.69) is 5.32 Å². The van der Waals surface area contributed by atoms with Crippen molar-refractivity contribution in [1.29, 1.82) is 0 Å². The third-order valence-electron chi connectivity index (χ3n) is 3.46. The molecule has 1 aliphatic heterocycles. The van der Waals surface area contributed by atoms with Crippen LogP contribution in [0.4, 0.5) is 5.69 Å². The predicted molar refractivity (Wildman–Crippen MR) is 71.5 cm³/mol. The minimum atomic E-state index is -0.216. The highest BCUT2D eigenvalue weighted by molar-refractivity contribution is 5.95. The molecule has 0 saturated carbocycles. The molecule has 98 valence electrons. The molecule has 4 nitrogen and oxygen atoms in total. The van der Waals surface area contributed by atoms with E-state index in [1.807, 2.05) is 19.9 Å². The molecular weight excluding hydrogens is 228 g/mol. The number of aryl methyl sites for hydroxylation is 1. The lowest BCUT2D eigenvalue weighted by molar-refractivity contribution is 0.0206. The van der Waals surface area contributed by atoms with Crippen LogP contribution in [0.2, 0.25) is 0 Å². The molecular formula is C14H20N2O2. The van der Waals surface area contributed by atoms with Crippen LogP contribution in [0.25, 0.3) is 0 Å². The van der Waals surface area contributed by atoms with E-state index >= 15 is 0 Å². The molecule has 1 aliphatic rings. The zero-order chi connectivity index (χ0) is 13.2. The molecule has 18 heavy (non-hydrogen) atoms. The second-order valence-corrected chi connectivity index (χ2v) is 5.16. The highest BCUT2D eigenvalue weighted by Gasteiger charge is 2.30.